The van der Waals surface area contributed by atoms with Gasteiger partial charge in [-0.05, 0) is 18.9 Å². The molecular formula is C11H12F3NO4S2. The minimum Gasteiger partial charge on any atom is -0.477 e. The number of nitrogens with zero attached hydrogens (tertiary/aromatic N) is 1. The third kappa shape index (κ3) is 3.38. The summed E-state index contributed by atoms with van der Waals surface area (Å²) in [7, 11) is -4.09. The summed E-state index contributed by atoms with van der Waals surface area (Å²) in [6.45, 7) is -0.614. The monoisotopic (exact) mass is 343 g/mol. The van der Waals surface area contributed by atoms with Crippen molar-refractivity contribution in [2.45, 2.75) is 23.9 Å². The molecule has 0 spiro atoms. The highest BCUT2D eigenvalue weighted by Gasteiger charge is 2.44. The third-order valence-corrected chi connectivity index (χ3v) is 6.18. The zero-order valence-electron chi connectivity index (χ0n) is 10.6. The number of hydrogen-bond donors (Lipinski definition) is 1. The highest BCUT2D eigenvalue weighted by molar-refractivity contribution is 7.89. The van der Waals surface area contributed by atoms with Gasteiger partial charge in [-0.25, -0.2) is 13.2 Å². The Balaban J connectivity index is 2.24. The zero-order valence-corrected chi connectivity index (χ0v) is 12.3. The molecule has 2 heterocycles. The largest absolute Gasteiger partial charge is 0.477 e. The highest BCUT2D eigenvalue weighted by atomic mass is 32.2. The molecule has 1 aliphatic rings. The van der Waals surface area contributed by atoms with Gasteiger partial charge in [0.25, 0.3) is 0 Å². The normalized spacial score (nSPS) is 21.4. The maximum atomic E-state index is 12.7. The van der Waals surface area contributed by atoms with Gasteiger partial charge in [-0.2, -0.15) is 17.5 Å². The highest BCUT2D eigenvalue weighted by Crippen LogP contribution is 2.35. The van der Waals surface area contributed by atoms with Crippen molar-refractivity contribution >= 4 is 27.3 Å². The standard InChI is InChI=1S/C11H12F3NO4S2/c12-11(13,14)7-2-1-3-15(5-7)21(18,19)8-4-9(10(16)17)20-6-8/h4,6-7H,1-3,5H2,(H,16,17). The fourth-order valence-corrected chi connectivity index (χ4v) is 4.77. The summed E-state index contributed by atoms with van der Waals surface area (Å²) in [6.07, 6.45) is -4.41. The molecule has 0 aromatic carbocycles. The van der Waals surface area contributed by atoms with Crippen molar-refractivity contribution in [3.63, 3.8) is 0 Å². The van der Waals surface area contributed by atoms with Crippen LogP contribution in [0.3, 0.4) is 0 Å². The van der Waals surface area contributed by atoms with Gasteiger partial charge in [-0.3, -0.25) is 0 Å². The van der Waals surface area contributed by atoms with Crippen molar-refractivity contribution < 1.29 is 31.5 Å². The van der Waals surface area contributed by atoms with Crippen LogP contribution in [0, 0.1) is 5.92 Å². The van der Waals surface area contributed by atoms with Crippen LogP contribution >= 0.6 is 11.3 Å². The van der Waals surface area contributed by atoms with E-state index in [-0.39, 0.29) is 29.2 Å². The summed E-state index contributed by atoms with van der Waals surface area (Å²) in [6, 6.07) is 0.972. The molecule has 118 valence electrons. The molecule has 1 aliphatic heterocycles. The first-order chi connectivity index (χ1) is 9.62. The first-order valence-electron chi connectivity index (χ1n) is 6.01. The fraction of sp³-hybridized carbons (Fsp3) is 0.545. The number of sulfonamides is 1. The number of halogens is 3. The van der Waals surface area contributed by atoms with E-state index in [1.807, 2.05) is 0 Å². The van der Waals surface area contributed by atoms with Gasteiger partial charge in [0, 0.05) is 18.5 Å². The van der Waals surface area contributed by atoms with Gasteiger partial charge in [0.2, 0.25) is 10.0 Å². The Bertz CT molecular complexity index is 638. The summed E-state index contributed by atoms with van der Waals surface area (Å²) in [5.74, 6) is -2.95. The molecule has 1 saturated heterocycles. The molecule has 1 aromatic rings. The second-order valence-corrected chi connectivity index (χ2v) is 7.54. The second-order valence-electron chi connectivity index (χ2n) is 4.70. The summed E-state index contributed by atoms with van der Waals surface area (Å²) in [4.78, 5) is 10.3. The molecule has 0 saturated carbocycles. The van der Waals surface area contributed by atoms with Crippen molar-refractivity contribution in [1.82, 2.24) is 4.31 Å². The molecule has 0 radical (unpaired) electrons. The number of carbonyl (C=O) groups is 1. The van der Waals surface area contributed by atoms with Crippen LogP contribution in [0.4, 0.5) is 13.2 Å². The van der Waals surface area contributed by atoms with Gasteiger partial charge in [0.15, 0.2) is 0 Å². The lowest BCUT2D eigenvalue weighted by Crippen LogP contribution is -2.44. The Labute approximate surface area is 123 Å². The van der Waals surface area contributed by atoms with E-state index in [4.69, 9.17) is 5.11 Å². The summed E-state index contributed by atoms with van der Waals surface area (Å²) in [5.41, 5.74) is 0. The molecular weight excluding hydrogens is 331 g/mol. The van der Waals surface area contributed by atoms with Crippen LogP contribution in [-0.4, -0.2) is 43.1 Å². The van der Waals surface area contributed by atoms with E-state index in [1.54, 1.807) is 0 Å². The summed E-state index contributed by atoms with van der Waals surface area (Å²) in [5, 5.41) is 9.91. The third-order valence-electron chi connectivity index (χ3n) is 3.27. The molecule has 0 amide bonds. The molecule has 1 fully saturated rings. The SMILES string of the molecule is O=C(O)c1cc(S(=O)(=O)N2CCCC(C(F)(F)F)C2)cs1. The molecule has 1 atom stereocenters. The van der Waals surface area contributed by atoms with Crippen molar-refractivity contribution in [3.8, 4) is 0 Å². The Hall–Kier alpha value is -1.13. The molecule has 10 heteroatoms. The van der Waals surface area contributed by atoms with Crippen molar-refractivity contribution in [1.29, 1.82) is 0 Å². The van der Waals surface area contributed by atoms with Crippen molar-refractivity contribution in [3.05, 3.63) is 16.3 Å². The minimum atomic E-state index is -4.44. The lowest BCUT2D eigenvalue weighted by Gasteiger charge is -2.32. The van der Waals surface area contributed by atoms with E-state index >= 15 is 0 Å². The van der Waals surface area contributed by atoms with Gasteiger partial charge >= 0.3 is 12.1 Å². The Morgan fingerprint density at radius 1 is 1.43 bits per heavy atom. The van der Waals surface area contributed by atoms with Crippen LogP contribution in [0.2, 0.25) is 0 Å². The predicted molar refractivity (Wildman–Crippen MR) is 68.8 cm³/mol. The van der Waals surface area contributed by atoms with E-state index in [2.05, 4.69) is 0 Å². The molecule has 21 heavy (non-hydrogen) atoms. The minimum absolute atomic E-state index is 0.00711. The molecule has 0 bridgehead atoms. The predicted octanol–water partition coefficient (Wildman–Crippen LogP) is 2.41. The maximum Gasteiger partial charge on any atom is 0.393 e. The van der Waals surface area contributed by atoms with Crippen LogP contribution in [-0.2, 0) is 10.0 Å². The number of piperidine rings is 1. The second kappa shape index (κ2) is 5.58. The van der Waals surface area contributed by atoms with Crippen LogP contribution in [0.5, 0.6) is 0 Å². The first-order valence-corrected chi connectivity index (χ1v) is 8.33. The molecule has 0 aliphatic carbocycles. The topological polar surface area (TPSA) is 74.7 Å². The van der Waals surface area contributed by atoms with Crippen LogP contribution in [0.25, 0.3) is 0 Å². The van der Waals surface area contributed by atoms with E-state index in [9.17, 15) is 26.4 Å². The van der Waals surface area contributed by atoms with Crippen LogP contribution in [0.1, 0.15) is 22.5 Å². The number of rotatable bonds is 3. The number of alkyl halides is 3. The van der Waals surface area contributed by atoms with E-state index in [0.29, 0.717) is 0 Å². The van der Waals surface area contributed by atoms with E-state index < -0.39 is 34.6 Å². The van der Waals surface area contributed by atoms with E-state index in [1.165, 1.54) is 0 Å². The van der Waals surface area contributed by atoms with Crippen molar-refractivity contribution in [2.24, 2.45) is 5.92 Å². The Morgan fingerprint density at radius 2 is 2.10 bits per heavy atom. The van der Waals surface area contributed by atoms with E-state index in [0.717, 1.165) is 27.1 Å². The van der Waals surface area contributed by atoms with Crippen LogP contribution < -0.4 is 0 Å². The lowest BCUT2D eigenvalue weighted by atomic mass is 9.99. The Morgan fingerprint density at radius 3 is 2.62 bits per heavy atom. The molecule has 1 unspecified atom stereocenters. The quantitative estimate of drug-likeness (QED) is 0.915. The van der Waals surface area contributed by atoms with Crippen LogP contribution in [0.15, 0.2) is 16.3 Å². The Kier molecular flexibility index (Phi) is 4.31. The fourth-order valence-electron chi connectivity index (χ4n) is 2.14. The van der Waals surface area contributed by atoms with Gasteiger partial charge in [0.05, 0.1) is 10.8 Å². The number of aromatic carboxylic acids is 1. The molecule has 5 nitrogen and oxygen atoms in total. The smallest absolute Gasteiger partial charge is 0.393 e. The maximum absolute atomic E-state index is 12.7. The average Bonchev–Trinajstić information content (AvgIpc) is 2.88. The zero-order chi connectivity index (χ0) is 15.8. The summed E-state index contributed by atoms with van der Waals surface area (Å²) < 4.78 is 63.5. The average molecular weight is 343 g/mol. The molecule has 1 N–H and O–H groups in total. The first kappa shape index (κ1) is 16.2. The number of carboxylic acids is 1. The van der Waals surface area contributed by atoms with Gasteiger partial charge in [0.1, 0.15) is 4.88 Å². The van der Waals surface area contributed by atoms with Gasteiger partial charge in [-0.15, -0.1) is 11.3 Å². The molecule has 2 rings (SSSR count). The molecule has 1 aromatic heterocycles. The van der Waals surface area contributed by atoms with Gasteiger partial charge in [-0.1, -0.05) is 0 Å². The lowest BCUT2D eigenvalue weighted by molar-refractivity contribution is -0.182. The number of hydrogen-bond acceptors (Lipinski definition) is 4. The number of thiophene rings is 1. The van der Waals surface area contributed by atoms with Crippen molar-refractivity contribution in [2.75, 3.05) is 13.1 Å². The number of carboxylic acid groups (broad SMARTS) is 1. The summed E-state index contributed by atoms with van der Waals surface area (Å²) >= 11 is 0.727. The van der Waals surface area contributed by atoms with Gasteiger partial charge < -0.3 is 5.11 Å².